The van der Waals surface area contributed by atoms with Crippen LogP contribution in [0.4, 0.5) is 0 Å². The molecule has 106 valence electrons. The fourth-order valence-corrected chi connectivity index (χ4v) is 2.92. The van der Waals surface area contributed by atoms with Crippen LogP contribution in [-0.2, 0) is 14.8 Å². The van der Waals surface area contributed by atoms with Crippen molar-refractivity contribution in [2.75, 3.05) is 27.2 Å². The van der Waals surface area contributed by atoms with E-state index in [-0.39, 0.29) is 17.0 Å². The van der Waals surface area contributed by atoms with Crippen molar-refractivity contribution in [2.24, 2.45) is 0 Å². The third-order valence-electron chi connectivity index (χ3n) is 2.65. The number of rotatable bonds is 6. The van der Waals surface area contributed by atoms with Crippen LogP contribution in [0, 0.1) is 6.92 Å². The third-order valence-corrected chi connectivity index (χ3v) is 4.25. The molecule has 0 aliphatic heterocycles. The zero-order valence-corrected chi connectivity index (χ0v) is 12.0. The molecule has 0 heterocycles. The molecule has 0 unspecified atom stereocenters. The molecule has 0 bridgehead atoms. The molecule has 0 atom stereocenters. The van der Waals surface area contributed by atoms with Gasteiger partial charge in [-0.2, -0.15) is 0 Å². The standard InChI is InChI=1S/C12H18N2O4S/c1-9-10(12(15)18-3)5-4-6-11(9)19(16,17)14-8-7-13-2/h4-6,13-14H,7-8H2,1-3H3. The van der Waals surface area contributed by atoms with Gasteiger partial charge in [-0.05, 0) is 31.7 Å². The molecule has 0 aromatic heterocycles. The number of carbonyl (C=O) groups is 1. The SMILES string of the molecule is CNCCNS(=O)(=O)c1cccc(C(=O)OC)c1C. The molecule has 0 aliphatic carbocycles. The summed E-state index contributed by atoms with van der Waals surface area (Å²) >= 11 is 0. The number of nitrogens with one attached hydrogen (secondary N) is 2. The van der Waals surface area contributed by atoms with Crippen molar-refractivity contribution < 1.29 is 17.9 Å². The lowest BCUT2D eigenvalue weighted by molar-refractivity contribution is 0.0599. The van der Waals surface area contributed by atoms with Gasteiger partial charge in [0.25, 0.3) is 0 Å². The van der Waals surface area contributed by atoms with E-state index in [1.54, 1.807) is 14.0 Å². The lowest BCUT2D eigenvalue weighted by atomic mass is 10.1. The maximum absolute atomic E-state index is 12.1. The molecule has 0 amide bonds. The van der Waals surface area contributed by atoms with E-state index < -0.39 is 16.0 Å². The van der Waals surface area contributed by atoms with Crippen molar-refractivity contribution >= 4 is 16.0 Å². The van der Waals surface area contributed by atoms with Crippen LogP contribution >= 0.6 is 0 Å². The Balaban J connectivity index is 3.10. The van der Waals surface area contributed by atoms with Crippen molar-refractivity contribution in [2.45, 2.75) is 11.8 Å². The second-order valence-electron chi connectivity index (χ2n) is 3.92. The van der Waals surface area contributed by atoms with Gasteiger partial charge in [0.1, 0.15) is 0 Å². The summed E-state index contributed by atoms with van der Waals surface area (Å²) in [5.41, 5.74) is 0.630. The molecule has 1 rings (SSSR count). The largest absolute Gasteiger partial charge is 0.465 e. The Hall–Kier alpha value is -1.44. The summed E-state index contributed by atoms with van der Waals surface area (Å²) in [5.74, 6) is -0.551. The first kappa shape index (κ1) is 15.6. The molecular weight excluding hydrogens is 268 g/mol. The fraction of sp³-hybridized carbons (Fsp3) is 0.417. The smallest absolute Gasteiger partial charge is 0.338 e. The molecule has 1 aromatic rings. The van der Waals surface area contributed by atoms with Crippen molar-refractivity contribution in [1.29, 1.82) is 0 Å². The number of hydrogen-bond acceptors (Lipinski definition) is 5. The molecule has 2 N–H and O–H groups in total. The maximum atomic E-state index is 12.1. The van der Waals surface area contributed by atoms with Crippen LogP contribution in [0.1, 0.15) is 15.9 Å². The van der Waals surface area contributed by atoms with Crippen LogP contribution in [0.3, 0.4) is 0 Å². The second-order valence-corrected chi connectivity index (χ2v) is 5.66. The zero-order chi connectivity index (χ0) is 14.5. The summed E-state index contributed by atoms with van der Waals surface area (Å²) in [6, 6.07) is 4.52. The number of ether oxygens (including phenoxy) is 1. The molecule has 0 saturated heterocycles. The minimum absolute atomic E-state index is 0.0894. The Morgan fingerprint density at radius 1 is 1.32 bits per heavy atom. The minimum atomic E-state index is -3.63. The molecule has 7 heteroatoms. The van der Waals surface area contributed by atoms with Crippen molar-refractivity contribution in [3.8, 4) is 0 Å². The van der Waals surface area contributed by atoms with Gasteiger partial charge in [-0.1, -0.05) is 6.07 Å². The summed E-state index contributed by atoms with van der Waals surface area (Å²) in [6.45, 7) is 2.38. The molecule has 0 saturated carbocycles. The monoisotopic (exact) mass is 286 g/mol. The predicted octanol–water partition coefficient (Wildman–Crippen LogP) is 0.279. The van der Waals surface area contributed by atoms with E-state index in [2.05, 4.69) is 14.8 Å². The lowest BCUT2D eigenvalue weighted by Gasteiger charge is -2.11. The number of methoxy groups -OCH3 is 1. The Morgan fingerprint density at radius 2 is 2.00 bits per heavy atom. The van der Waals surface area contributed by atoms with E-state index in [0.717, 1.165) is 0 Å². The van der Waals surface area contributed by atoms with E-state index in [1.807, 2.05) is 0 Å². The highest BCUT2D eigenvalue weighted by molar-refractivity contribution is 7.89. The topological polar surface area (TPSA) is 84.5 Å². The van der Waals surface area contributed by atoms with Crippen LogP contribution in [-0.4, -0.2) is 41.6 Å². The first-order chi connectivity index (χ1) is 8.94. The molecule has 19 heavy (non-hydrogen) atoms. The first-order valence-electron chi connectivity index (χ1n) is 5.76. The molecule has 0 radical (unpaired) electrons. The first-order valence-corrected chi connectivity index (χ1v) is 7.24. The Labute approximate surface area is 113 Å². The van der Waals surface area contributed by atoms with Crippen molar-refractivity contribution in [3.05, 3.63) is 29.3 Å². The van der Waals surface area contributed by atoms with Gasteiger partial charge in [-0.3, -0.25) is 0 Å². The van der Waals surface area contributed by atoms with E-state index in [9.17, 15) is 13.2 Å². The van der Waals surface area contributed by atoms with Crippen LogP contribution < -0.4 is 10.0 Å². The van der Waals surface area contributed by atoms with Crippen molar-refractivity contribution in [3.63, 3.8) is 0 Å². The number of likely N-dealkylation sites (N-methyl/N-ethyl adjacent to an activating group) is 1. The van der Waals surface area contributed by atoms with E-state index in [4.69, 9.17) is 0 Å². The van der Waals surface area contributed by atoms with Crippen LogP contribution in [0.5, 0.6) is 0 Å². The number of hydrogen-bond donors (Lipinski definition) is 2. The predicted molar refractivity (Wildman–Crippen MR) is 71.6 cm³/mol. The van der Waals surface area contributed by atoms with Gasteiger partial charge in [0.05, 0.1) is 17.6 Å². The summed E-state index contributed by atoms with van der Waals surface area (Å²) < 4.78 is 31.3. The number of sulfonamides is 1. The summed E-state index contributed by atoms with van der Waals surface area (Å²) in [5, 5.41) is 2.84. The van der Waals surface area contributed by atoms with Gasteiger partial charge < -0.3 is 10.1 Å². The quantitative estimate of drug-likeness (QED) is 0.579. The normalized spacial score (nSPS) is 11.3. The highest BCUT2D eigenvalue weighted by atomic mass is 32.2. The summed E-state index contributed by atoms with van der Waals surface area (Å²) in [4.78, 5) is 11.6. The van der Waals surface area contributed by atoms with Crippen LogP contribution in [0.2, 0.25) is 0 Å². The van der Waals surface area contributed by atoms with E-state index in [0.29, 0.717) is 12.1 Å². The third kappa shape index (κ3) is 3.76. The molecule has 0 fully saturated rings. The van der Waals surface area contributed by atoms with E-state index >= 15 is 0 Å². The highest BCUT2D eigenvalue weighted by Crippen LogP contribution is 2.19. The summed E-state index contributed by atoms with van der Waals surface area (Å²) in [6.07, 6.45) is 0. The van der Waals surface area contributed by atoms with Gasteiger partial charge in [0.2, 0.25) is 10.0 Å². The van der Waals surface area contributed by atoms with Crippen LogP contribution in [0.15, 0.2) is 23.1 Å². The van der Waals surface area contributed by atoms with Gasteiger partial charge in [-0.15, -0.1) is 0 Å². The second kappa shape index (κ2) is 6.65. The average molecular weight is 286 g/mol. The Bertz CT molecular complexity index is 555. The molecular formula is C12H18N2O4S. The molecule has 0 aliphatic rings. The number of esters is 1. The molecule has 0 spiro atoms. The molecule has 1 aromatic carbocycles. The van der Waals surface area contributed by atoms with Crippen molar-refractivity contribution in [1.82, 2.24) is 10.0 Å². The fourth-order valence-electron chi connectivity index (χ4n) is 1.62. The van der Waals surface area contributed by atoms with Crippen LogP contribution in [0.25, 0.3) is 0 Å². The maximum Gasteiger partial charge on any atom is 0.338 e. The number of benzene rings is 1. The molecule has 6 nitrogen and oxygen atoms in total. The average Bonchev–Trinajstić information content (AvgIpc) is 2.38. The van der Waals surface area contributed by atoms with Gasteiger partial charge >= 0.3 is 5.97 Å². The highest BCUT2D eigenvalue weighted by Gasteiger charge is 2.20. The van der Waals surface area contributed by atoms with Gasteiger partial charge in [0, 0.05) is 13.1 Å². The van der Waals surface area contributed by atoms with Gasteiger partial charge in [-0.25, -0.2) is 17.9 Å². The Morgan fingerprint density at radius 3 is 2.58 bits per heavy atom. The zero-order valence-electron chi connectivity index (χ0n) is 11.2. The van der Waals surface area contributed by atoms with E-state index in [1.165, 1.54) is 25.3 Å². The Kier molecular flexibility index (Phi) is 5.46. The summed E-state index contributed by atoms with van der Waals surface area (Å²) in [7, 11) is -0.634. The van der Waals surface area contributed by atoms with Gasteiger partial charge in [0.15, 0.2) is 0 Å². The minimum Gasteiger partial charge on any atom is -0.465 e. The number of carbonyl (C=O) groups excluding carboxylic acids is 1. The lowest BCUT2D eigenvalue weighted by Crippen LogP contribution is -2.31.